The molecule has 0 aliphatic carbocycles. The van der Waals surface area contributed by atoms with Crippen molar-refractivity contribution in [2.45, 2.75) is 25.3 Å². The first-order valence-electron chi connectivity index (χ1n) is 6.97. The predicted molar refractivity (Wildman–Crippen MR) is 74.2 cm³/mol. The van der Waals surface area contributed by atoms with Crippen LogP contribution >= 0.6 is 11.6 Å². The summed E-state index contributed by atoms with van der Waals surface area (Å²) in [6.45, 7) is 3.11. The standard InChI is InChI=1S/C14H17ClFN3O/c15-11-1-2-12(18-13(11)16)14(20)17-10-7-9-3-5-19(8-10)6-4-9/h1-2,9-10H,3-8H2,(H,17,20). The smallest absolute Gasteiger partial charge is 0.270 e. The highest BCUT2D eigenvalue weighted by atomic mass is 35.5. The number of hydrogen-bond acceptors (Lipinski definition) is 3. The molecule has 1 N–H and O–H groups in total. The summed E-state index contributed by atoms with van der Waals surface area (Å²) in [5, 5.41) is 2.90. The van der Waals surface area contributed by atoms with Crippen LogP contribution in [0.1, 0.15) is 29.8 Å². The second-order valence-electron chi connectivity index (χ2n) is 5.62. The van der Waals surface area contributed by atoms with Crippen molar-refractivity contribution < 1.29 is 9.18 Å². The topological polar surface area (TPSA) is 45.2 Å². The first-order chi connectivity index (χ1) is 9.61. The number of hydrogen-bond donors (Lipinski definition) is 1. The maximum atomic E-state index is 13.3. The number of halogens is 2. The van der Waals surface area contributed by atoms with Crippen LogP contribution < -0.4 is 5.32 Å². The van der Waals surface area contributed by atoms with Crippen LogP contribution in [0.4, 0.5) is 4.39 Å². The van der Waals surface area contributed by atoms with E-state index in [0.29, 0.717) is 5.92 Å². The van der Waals surface area contributed by atoms with Gasteiger partial charge in [-0.15, -0.1) is 0 Å². The van der Waals surface area contributed by atoms with Crippen LogP contribution in [0.3, 0.4) is 0 Å². The van der Waals surface area contributed by atoms with E-state index in [0.717, 1.165) is 26.1 Å². The zero-order chi connectivity index (χ0) is 14.1. The number of nitrogens with zero attached hydrogens (tertiary/aromatic N) is 2. The lowest BCUT2D eigenvalue weighted by atomic mass is 9.94. The normalized spacial score (nSPS) is 29.0. The summed E-state index contributed by atoms with van der Waals surface area (Å²) in [4.78, 5) is 18.1. The molecule has 3 saturated heterocycles. The van der Waals surface area contributed by atoms with Gasteiger partial charge in [-0.1, -0.05) is 11.6 Å². The fourth-order valence-corrected chi connectivity index (χ4v) is 3.21. The molecular formula is C14H17ClFN3O. The molecule has 0 saturated carbocycles. The summed E-state index contributed by atoms with van der Waals surface area (Å²) in [7, 11) is 0. The van der Waals surface area contributed by atoms with E-state index in [1.807, 2.05) is 0 Å². The molecule has 1 amide bonds. The monoisotopic (exact) mass is 297 g/mol. The summed E-state index contributed by atoms with van der Waals surface area (Å²) in [6.07, 6.45) is 3.42. The molecule has 6 heteroatoms. The van der Waals surface area contributed by atoms with Crippen LogP contribution in [0.5, 0.6) is 0 Å². The number of nitrogens with one attached hydrogen (secondary N) is 1. The molecule has 0 aromatic carbocycles. The van der Waals surface area contributed by atoms with E-state index in [-0.39, 0.29) is 22.7 Å². The molecule has 4 rings (SSSR count). The molecule has 108 valence electrons. The van der Waals surface area contributed by atoms with E-state index in [2.05, 4.69) is 15.2 Å². The van der Waals surface area contributed by atoms with Gasteiger partial charge in [-0.2, -0.15) is 4.39 Å². The van der Waals surface area contributed by atoms with E-state index in [4.69, 9.17) is 11.6 Å². The summed E-state index contributed by atoms with van der Waals surface area (Å²) in [5.74, 6) is -0.439. The van der Waals surface area contributed by atoms with Crippen LogP contribution in [0.2, 0.25) is 5.02 Å². The second-order valence-corrected chi connectivity index (χ2v) is 6.03. The Bertz CT molecular complexity index is 503. The first-order valence-corrected chi connectivity index (χ1v) is 7.35. The molecule has 2 bridgehead atoms. The lowest BCUT2D eigenvalue weighted by molar-refractivity contribution is 0.0922. The Morgan fingerprint density at radius 2 is 2.15 bits per heavy atom. The molecule has 20 heavy (non-hydrogen) atoms. The van der Waals surface area contributed by atoms with Crippen LogP contribution in [-0.2, 0) is 0 Å². The van der Waals surface area contributed by atoms with E-state index < -0.39 is 5.95 Å². The number of pyridine rings is 1. The van der Waals surface area contributed by atoms with Crippen molar-refractivity contribution >= 4 is 17.5 Å². The van der Waals surface area contributed by atoms with Gasteiger partial charge < -0.3 is 10.2 Å². The zero-order valence-corrected chi connectivity index (χ0v) is 11.9. The van der Waals surface area contributed by atoms with Gasteiger partial charge in [-0.25, -0.2) is 4.98 Å². The number of carbonyl (C=O) groups excluding carboxylic acids is 1. The van der Waals surface area contributed by atoms with E-state index in [1.54, 1.807) is 0 Å². The Morgan fingerprint density at radius 1 is 1.40 bits per heavy atom. The summed E-state index contributed by atoms with van der Waals surface area (Å²) >= 11 is 5.57. The van der Waals surface area contributed by atoms with Crippen molar-refractivity contribution in [1.29, 1.82) is 0 Å². The second kappa shape index (κ2) is 5.66. The minimum Gasteiger partial charge on any atom is -0.347 e. The largest absolute Gasteiger partial charge is 0.347 e. The molecule has 4 nitrogen and oxygen atoms in total. The summed E-state index contributed by atoms with van der Waals surface area (Å²) < 4.78 is 13.3. The SMILES string of the molecule is O=C(NC1CC2CCN(CC2)C1)c1ccc(Cl)c(F)n1. The van der Waals surface area contributed by atoms with E-state index in [9.17, 15) is 9.18 Å². The van der Waals surface area contributed by atoms with Crippen molar-refractivity contribution in [3.63, 3.8) is 0 Å². The van der Waals surface area contributed by atoms with Gasteiger partial charge >= 0.3 is 0 Å². The average molecular weight is 298 g/mol. The highest BCUT2D eigenvalue weighted by Gasteiger charge is 2.30. The van der Waals surface area contributed by atoms with Crippen molar-refractivity contribution in [3.05, 3.63) is 28.8 Å². The van der Waals surface area contributed by atoms with Gasteiger partial charge in [-0.3, -0.25) is 4.79 Å². The zero-order valence-electron chi connectivity index (χ0n) is 11.1. The molecule has 1 unspecified atom stereocenters. The molecule has 0 spiro atoms. The van der Waals surface area contributed by atoms with Crippen molar-refractivity contribution in [2.75, 3.05) is 19.6 Å². The number of rotatable bonds is 2. The molecular weight excluding hydrogens is 281 g/mol. The molecule has 1 atom stereocenters. The van der Waals surface area contributed by atoms with Crippen molar-refractivity contribution in [1.82, 2.24) is 15.2 Å². The number of piperidine rings is 1. The highest BCUT2D eigenvalue weighted by molar-refractivity contribution is 6.30. The summed E-state index contributed by atoms with van der Waals surface area (Å²) in [6, 6.07) is 2.93. The van der Waals surface area contributed by atoms with Crippen LogP contribution in [-0.4, -0.2) is 41.5 Å². The lowest BCUT2D eigenvalue weighted by Gasteiger charge is -2.26. The van der Waals surface area contributed by atoms with Crippen LogP contribution in [0.25, 0.3) is 0 Å². The van der Waals surface area contributed by atoms with Crippen LogP contribution in [0, 0.1) is 11.9 Å². The first kappa shape index (κ1) is 13.8. The molecule has 1 aromatic rings. The van der Waals surface area contributed by atoms with Gasteiger partial charge in [0.05, 0.1) is 5.02 Å². The van der Waals surface area contributed by atoms with Gasteiger partial charge in [-0.05, 0) is 50.4 Å². The Morgan fingerprint density at radius 3 is 2.85 bits per heavy atom. The third-order valence-electron chi connectivity index (χ3n) is 4.17. The molecule has 0 radical (unpaired) electrons. The van der Waals surface area contributed by atoms with Gasteiger partial charge in [0.25, 0.3) is 5.91 Å². The van der Waals surface area contributed by atoms with Crippen molar-refractivity contribution in [2.24, 2.45) is 5.92 Å². The third kappa shape index (κ3) is 2.94. The third-order valence-corrected chi connectivity index (χ3v) is 4.46. The Labute approximate surface area is 122 Å². The maximum absolute atomic E-state index is 13.3. The van der Waals surface area contributed by atoms with E-state index >= 15 is 0 Å². The molecule has 3 aliphatic rings. The minimum absolute atomic E-state index is 0.0693. The Kier molecular flexibility index (Phi) is 3.89. The quantitative estimate of drug-likeness (QED) is 0.850. The molecule has 3 aliphatic heterocycles. The molecule has 3 fully saturated rings. The van der Waals surface area contributed by atoms with Gasteiger partial charge in [0.1, 0.15) is 5.69 Å². The Balaban J connectivity index is 1.67. The number of aromatic nitrogens is 1. The summed E-state index contributed by atoms with van der Waals surface area (Å²) in [5.41, 5.74) is 0.0819. The highest BCUT2D eigenvalue weighted by Crippen LogP contribution is 2.26. The van der Waals surface area contributed by atoms with Gasteiger partial charge in [0, 0.05) is 12.6 Å². The predicted octanol–water partition coefficient (Wildman–Crippen LogP) is 2.09. The fourth-order valence-electron chi connectivity index (χ4n) is 3.10. The van der Waals surface area contributed by atoms with Gasteiger partial charge in [0.2, 0.25) is 5.95 Å². The maximum Gasteiger partial charge on any atom is 0.270 e. The number of amides is 1. The van der Waals surface area contributed by atoms with Gasteiger partial charge in [0.15, 0.2) is 0 Å². The fraction of sp³-hybridized carbons (Fsp3) is 0.571. The van der Waals surface area contributed by atoms with Crippen LogP contribution in [0.15, 0.2) is 12.1 Å². The van der Waals surface area contributed by atoms with E-state index in [1.165, 1.54) is 25.0 Å². The molecule has 4 heterocycles. The number of carbonyl (C=O) groups is 1. The van der Waals surface area contributed by atoms with Crippen molar-refractivity contribution in [3.8, 4) is 0 Å². The Hall–Kier alpha value is -1.20. The molecule has 1 aromatic heterocycles. The number of fused-ring (bicyclic) bond motifs is 4. The lowest BCUT2D eigenvalue weighted by Crippen LogP contribution is -2.42. The average Bonchev–Trinajstić information content (AvgIpc) is 2.74. The minimum atomic E-state index is -0.802.